The van der Waals surface area contributed by atoms with Crippen molar-refractivity contribution >= 4 is 17.5 Å². The number of nitrogens with one attached hydrogen (secondary N) is 1. The minimum Gasteiger partial charge on any atom is -0.382 e. The van der Waals surface area contributed by atoms with Crippen LogP contribution in [-0.2, 0) is 0 Å². The number of aromatic nitrogens is 2. The second-order valence-electron chi connectivity index (χ2n) is 6.56. The number of nitrogens with zero attached hydrogens (tertiary/aromatic N) is 2. The number of amides is 1. The first-order valence-corrected chi connectivity index (χ1v) is 9.23. The van der Waals surface area contributed by atoms with Crippen molar-refractivity contribution in [1.29, 1.82) is 0 Å². The molecule has 1 amide bonds. The Hall–Kier alpha value is -3.31. The van der Waals surface area contributed by atoms with Crippen LogP contribution in [0.3, 0.4) is 0 Å². The van der Waals surface area contributed by atoms with Gasteiger partial charge in [0.05, 0.1) is 17.9 Å². The molecule has 3 rings (SSSR count). The van der Waals surface area contributed by atoms with Crippen LogP contribution in [0, 0.1) is 11.6 Å². The summed E-state index contributed by atoms with van der Waals surface area (Å²) < 4.78 is 65.4. The summed E-state index contributed by atoms with van der Waals surface area (Å²) in [5, 5.41) is 15.3. The van der Waals surface area contributed by atoms with Crippen LogP contribution in [-0.4, -0.2) is 39.6 Å². The Kier molecular flexibility index (Phi) is 6.60. The number of aliphatic hydroxyl groups excluding tert-OH is 1. The Morgan fingerprint density at radius 3 is 2.25 bits per heavy atom. The predicted octanol–water partition coefficient (Wildman–Crippen LogP) is 3.48. The highest BCUT2D eigenvalue weighted by Crippen LogP contribution is 2.22. The Balaban J connectivity index is 2.11. The van der Waals surface area contributed by atoms with Crippen molar-refractivity contribution in [2.45, 2.75) is 12.3 Å². The first kappa shape index (κ1) is 23.4. The van der Waals surface area contributed by atoms with E-state index in [-0.39, 0.29) is 11.4 Å². The van der Waals surface area contributed by atoms with Crippen LogP contribution in [0.1, 0.15) is 10.4 Å². The van der Waals surface area contributed by atoms with Crippen molar-refractivity contribution < 1.29 is 31.9 Å². The van der Waals surface area contributed by atoms with Crippen LogP contribution in [0.4, 0.5) is 22.0 Å². The number of aliphatic hydroxyl groups is 1. The van der Waals surface area contributed by atoms with E-state index in [0.717, 1.165) is 18.2 Å². The number of rotatable bonds is 5. The standard InChI is InChI=1S/C20H13ClF5N3O3/c21-11-3-1-10(2-4-11)16-8-15(18(31)27-9-17(30)20(24,25)26)19(32)29(28-16)14-6-12(22)5-13(23)7-14/h1-8,17,30H,9H2,(H,27,31). The third-order valence-electron chi connectivity index (χ3n) is 4.22. The molecule has 0 aliphatic rings. The topological polar surface area (TPSA) is 84.2 Å². The molecule has 0 bridgehead atoms. The van der Waals surface area contributed by atoms with Crippen LogP contribution in [0.25, 0.3) is 16.9 Å². The Bertz CT molecular complexity index is 1190. The summed E-state index contributed by atoms with van der Waals surface area (Å²) in [6.45, 7) is -1.21. The van der Waals surface area contributed by atoms with Gasteiger partial charge in [-0.3, -0.25) is 9.59 Å². The average molecular weight is 474 g/mol. The molecular formula is C20H13ClF5N3O3. The lowest BCUT2D eigenvalue weighted by Gasteiger charge is -2.15. The van der Waals surface area contributed by atoms with Crippen LogP contribution in [0.5, 0.6) is 0 Å². The van der Waals surface area contributed by atoms with Gasteiger partial charge in [0, 0.05) is 16.7 Å². The highest BCUT2D eigenvalue weighted by atomic mass is 35.5. The number of hydrogen-bond donors (Lipinski definition) is 2. The second kappa shape index (κ2) is 9.05. The maximum Gasteiger partial charge on any atom is 0.416 e. The predicted molar refractivity (Wildman–Crippen MR) is 105 cm³/mol. The van der Waals surface area contributed by atoms with Gasteiger partial charge in [0.1, 0.15) is 17.2 Å². The lowest BCUT2D eigenvalue weighted by molar-refractivity contribution is -0.201. The van der Waals surface area contributed by atoms with E-state index in [1.165, 1.54) is 24.3 Å². The molecular weight excluding hydrogens is 461 g/mol. The third kappa shape index (κ3) is 5.29. The van der Waals surface area contributed by atoms with Crippen molar-refractivity contribution in [3.8, 4) is 16.9 Å². The van der Waals surface area contributed by atoms with Gasteiger partial charge in [-0.1, -0.05) is 23.7 Å². The quantitative estimate of drug-likeness (QED) is 0.556. The highest BCUT2D eigenvalue weighted by Gasteiger charge is 2.38. The molecule has 168 valence electrons. The van der Waals surface area contributed by atoms with E-state index in [9.17, 15) is 31.5 Å². The Morgan fingerprint density at radius 2 is 1.69 bits per heavy atom. The lowest BCUT2D eigenvalue weighted by atomic mass is 10.1. The highest BCUT2D eigenvalue weighted by molar-refractivity contribution is 6.30. The maximum absolute atomic E-state index is 13.7. The zero-order valence-electron chi connectivity index (χ0n) is 15.8. The van der Waals surface area contributed by atoms with E-state index in [0.29, 0.717) is 21.3 Å². The van der Waals surface area contributed by atoms with E-state index >= 15 is 0 Å². The van der Waals surface area contributed by atoms with E-state index in [2.05, 4.69) is 5.10 Å². The number of alkyl halides is 3. The average Bonchev–Trinajstić information content (AvgIpc) is 2.71. The number of hydrogen-bond acceptors (Lipinski definition) is 4. The molecule has 0 aliphatic carbocycles. The number of halogens is 6. The molecule has 0 saturated heterocycles. The summed E-state index contributed by atoms with van der Waals surface area (Å²) in [6, 6.07) is 9.08. The summed E-state index contributed by atoms with van der Waals surface area (Å²) in [5.41, 5.74) is -1.82. The van der Waals surface area contributed by atoms with E-state index in [4.69, 9.17) is 16.7 Å². The van der Waals surface area contributed by atoms with Gasteiger partial charge in [-0.2, -0.15) is 23.0 Å². The molecule has 0 aliphatic heterocycles. The van der Waals surface area contributed by atoms with E-state index in [1.54, 1.807) is 0 Å². The van der Waals surface area contributed by atoms with Gasteiger partial charge < -0.3 is 10.4 Å². The smallest absolute Gasteiger partial charge is 0.382 e. The fourth-order valence-corrected chi connectivity index (χ4v) is 2.78. The van der Waals surface area contributed by atoms with Crippen LogP contribution in [0.2, 0.25) is 5.02 Å². The van der Waals surface area contributed by atoms with E-state index in [1.807, 2.05) is 5.32 Å². The van der Waals surface area contributed by atoms with Gasteiger partial charge in [-0.15, -0.1) is 0 Å². The molecule has 1 unspecified atom stereocenters. The Labute approximate surface area is 181 Å². The number of carbonyl (C=O) groups excluding carboxylic acids is 1. The summed E-state index contributed by atoms with van der Waals surface area (Å²) in [6.07, 6.45) is -7.84. The monoisotopic (exact) mass is 473 g/mol. The molecule has 6 nitrogen and oxygen atoms in total. The normalized spacial score (nSPS) is 12.5. The molecule has 2 N–H and O–H groups in total. The molecule has 0 radical (unpaired) electrons. The fraction of sp³-hybridized carbons (Fsp3) is 0.150. The zero-order chi connectivity index (χ0) is 23.6. The molecule has 2 aromatic carbocycles. The fourth-order valence-electron chi connectivity index (χ4n) is 2.66. The molecule has 1 aromatic heterocycles. The number of carbonyl (C=O) groups is 1. The van der Waals surface area contributed by atoms with Gasteiger partial charge in [0.25, 0.3) is 11.5 Å². The van der Waals surface area contributed by atoms with Gasteiger partial charge >= 0.3 is 6.18 Å². The van der Waals surface area contributed by atoms with Crippen molar-refractivity contribution in [2.24, 2.45) is 0 Å². The number of benzene rings is 2. The van der Waals surface area contributed by atoms with Crippen LogP contribution in [0.15, 0.2) is 53.3 Å². The zero-order valence-corrected chi connectivity index (χ0v) is 16.6. The first-order valence-electron chi connectivity index (χ1n) is 8.85. The van der Waals surface area contributed by atoms with Gasteiger partial charge in [0.2, 0.25) is 0 Å². The Morgan fingerprint density at radius 1 is 1.09 bits per heavy atom. The van der Waals surface area contributed by atoms with Gasteiger partial charge in [0.15, 0.2) is 6.10 Å². The molecule has 1 atom stereocenters. The maximum atomic E-state index is 13.7. The largest absolute Gasteiger partial charge is 0.416 e. The van der Waals surface area contributed by atoms with Crippen molar-refractivity contribution in [3.63, 3.8) is 0 Å². The minimum absolute atomic E-state index is 0.00699. The van der Waals surface area contributed by atoms with Crippen LogP contribution >= 0.6 is 11.6 Å². The summed E-state index contributed by atoms with van der Waals surface area (Å²) in [5.74, 6) is -3.30. The SMILES string of the molecule is O=C(NCC(O)C(F)(F)F)c1cc(-c2ccc(Cl)cc2)nn(-c2cc(F)cc(F)c2)c1=O. The first-order chi connectivity index (χ1) is 15.0. The molecule has 0 saturated carbocycles. The molecule has 32 heavy (non-hydrogen) atoms. The molecule has 0 spiro atoms. The van der Waals surface area contributed by atoms with Crippen LogP contribution < -0.4 is 10.9 Å². The lowest BCUT2D eigenvalue weighted by Crippen LogP contribution is -2.42. The van der Waals surface area contributed by atoms with Crippen molar-refractivity contribution in [1.82, 2.24) is 15.1 Å². The molecule has 3 aromatic rings. The van der Waals surface area contributed by atoms with Crippen molar-refractivity contribution in [3.05, 3.63) is 81.1 Å². The summed E-state index contributed by atoms with van der Waals surface area (Å²) in [7, 11) is 0. The minimum atomic E-state index is -4.99. The van der Waals surface area contributed by atoms with E-state index < -0.39 is 47.5 Å². The van der Waals surface area contributed by atoms with Gasteiger partial charge in [-0.05, 0) is 30.3 Å². The van der Waals surface area contributed by atoms with Crippen molar-refractivity contribution in [2.75, 3.05) is 6.54 Å². The van der Waals surface area contributed by atoms with Gasteiger partial charge in [-0.25, -0.2) is 8.78 Å². The summed E-state index contributed by atoms with van der Waals surface area (Å²) in [4.78, 5) is 25.3. The third-order valence-corrected chi connectivity index (χ3v) is 4.47. The molecule has 0 fully saturated rings. The molecule has 12 heteroatoms. The summed E-state index contributed by atoms with van der Waals surface area (Å²) >= 11 is 5.84. The second-order valence-corrected chi connectivity index (χ2v) is 7.00. The molecule has 1 heterocycles.